The molecule has 0 saturated heterocycles. The molecular formula is C15H16BrN3OS. The Morgan fingerprint density at radius 3 is 2.95 bits per heavy atom. The average Bonchev–Trinajstić information content (AvgIpc) is 2.85. The Hall–Kier alpha value is -1.53. The summed E-state index contributed by atoms with van der Waals surface area (Å²) in [5.74, 6) is 0.0710. The molecule has 110 valence electrons. The lowest BCUT2D eigenvalue weighted by molar-refractivity contribution is -0.116. The van der Waals surface area contributed by atoms with Gasteiger partial charge < -0.3 is 16.4 Å². The van der Waals surface area contributed by atoms with Crippen LogP contribution in [0.15, 0.2) is 28.1 Å². The summed E-state index contributed by atoms with van der Waals surface area (Å²) >= 11 is 5.20. The summed E-state index contributed by atoms with van der Waals surface area (Å²) < 4.78 is 1.15. The Balaban J connectivity index is 1.67. The number of hydrogen-bond donors (Lipinski definition) is 3. The third kappa shape index (κ3) is 3.39. The predicted molar refractivity (Wildman–Crippen MR) is 92.0 cm³/mol. The van der Waals surface area contributed by atoms with Crippen molar-refractivity contribution in [1.29, 1.82) is 0 Å². The first-order chi connectivity index (χ1) is 10.1. The van der Waals surface area contributed by atoms with E-state index in [2.05, 4.69) is 38.7 Å². The van der Waals surface area contributed by atoms with E-state index < -0.39 is 0 Å². The maximum atomic E-state index is 11.5. The van der Waals surface area contributed by atoms with Gasteiger partial charge in [0.15, 0.2) is 0 Å². The van der Waals surface area contributed by atoms with Crippen molar-refractivity contribution < 1.29 is 4.79 Å². The quantitative estimate of drug-likeness (QED) is 0.724. The standard InChI is InChI=1S/C15H16BrN3OS/c16-14-3-2-10(21-14)5-6-18-13-8-12-9(7-11(13)17)1-4-15(20)19-12/h2-3,7-8,18H,1,4-6,17H2,(H,19,20). The van der Waals surface area contributed by atoms with E-state index in [1.807, 2.05) is 12.1 Å². The smallest absolute Gasteiger partial charge is 0.224 e. The molecule has 0 unspecified atom stereocenters. The molecule has 1 aromatic heterocycles. The Morgan fingerprint density at radius 2 is 2.19 bits per heavy atom. The molecule has 3 rings (SSSR count). The number of rotatable bonds is 4. The first kappa shape index (κ1) is 14.4. The number of anilines is 3. The van der Waals surface area contributed by atoms with Gasteiger partial charge in [0.2, 0.25) is 5.91 Å². The van der Waals surface area contributed by atoms with Gasteiger partial charge in [0.05, 0.1) is 15.2 Å². The van der Waals surface area contributed by atoms with Gasteiger partial charge in [-0.05, 0) is 58.6 Å². The fourth-order valence-corrected chi connectivity index (χ4v) is 3.89. The lowest BCUT2D eigenvalue weighted by Gasteiger charge is -2.19. The van der Waals surface area contributed by atoms with E-state index in [1.54, 1.807) is 11.3 Å². The first-order valence-electron chi connectivity index (χ1n) is 6.82. The zero-order chi connectivity index (χ0) is 14.8. The van der Waals surface area contributed by atoms with Crippen LogP contribution in [0.4, 0.5) is 17.1 Å². The molecule has 0 spiro atoms. The molecule has 4 nitrogen and oxygen atoms in total. The number of amides is 1. The van der Waals surface area contributed by atoms with E-state index in [0.29, 0.717) is 6.42 Å². The lowest BCUT2D eigenvalue weighted by atomic mass is 10.0. The van der Waals surface area contributed by atoms with Crippen molar-refractivity contribution in [2.24, 2.45) is 0 Å². The summed E-state index contributed by atoms with van der Waals surface area (Å²) in [5, 5.41) is 6.25. The molecule has 0 saturated carbocycles. The van der Waals surface area contributed by atoms with Crippen molar-refractivity contribution >= 4 is 50.2 Å². The van der Waals surface area contributed by atoms with Crippen molar-refractivity contribution in [1.82, 2.24) is 0 Å². The van der Waals surface area contributed by atoms with Gasteiger partial charge in [-0.1, -0.05) is 0 Å². The van der Waals surface area contributed by atoms with Gasteiger partial charge in [-0.15, -0.1) is 11.3 Å². The van der Waals surface area contributed by atoms with Crippen LogP contribution in [0, 0.1) is 0 Å². The topological polar surface area (TPSA) is 67.2 Å². The van der Waals surface area contributed by atoms with Crippen LogP contribution < -0.4 is 16.4 Å². The summed E-state index contributed by atoms with van der Waals surface area (Å²) in [6.07, 6.45) is 2.24. The van der Waals surface area contributed by atoms with Crippen LogP contribution in [-0.2, 0) is 17.6 Å². The SMILES string of the molecule is Nc1cc2c(cc1NCCc1ccc(Br)s1)NC(=O)CC2. The van der Waals surface area contributed by atoms with Crippen molar-refractivity contribution in [3.63, 3.8) is 0 Å². The molecule has 1 aliphatic rings. The predicted octanol–water partition coefficient (Wildman–Crippen LogP) is 3.63. The molecule has 4 N–H and O–H groups in total. The van der Waals surface area contributed by atoms with Gasteiger partial charge in [0.25, 0.3) is 0 Å². The van der Waals surface area contributed by atoms with Gasteiger partial charge >= 0.3 is 0 Å². The highest BCUT2D eigenvalue weighted by Gasteiger charge is 2.16. The van der Waals surface area contributed by atoms with Gasteiger partial charge in [-0.2, -0.15) is 0 Å². The molecule has 0 fully saturated rings. The second-order valence-corrected chi connectivity index (χ2v) is 7.57. The minimum atomic E-state index is 0.0710. The van der Waals surface area contributed by atoms with Gasteiger partial charge in [-0.3, -0.25) is 4.79 Å². The minimum Gasteiger partial charge on any atom is -0.397 e. The Bertz CT molecular complexity index is 684. The van der Waals surface area contributed by atoms with E-state index in [9.17, 15) is 4.79 Å². The first-order valence-corrected chi connectivity index (χ1v) is 8.43. The molecule has 0 atom stereocenters. The molecule has 0 aliphatic carbocycles. The third-order valence-electron chi connectivity index (χ3n) is 3.49. The van der Waals surface area contributed by atoms with Crippen molar-refractivity contribution in [3.8, 4) is 0 Å². The van der Waals surface area contributed by atoms with Crippen molar-refractivity contribution in [2.45, 2.75) is 19.3 Å². The highest BCUT2D eigenvalue weighted by molar-refractivity contribution is 9.11. The summed E-state index contributed by atoms with van der Waals surface area (Å²) in [5.41, 5.74) is 9.69. The molecule has 0 radical (unpaired) electrons. The van der Waals surface area contributed by atoms with Gasteiger partial charge in [0, 0.05) is 23.5 Å². The number of thiophene rings is 1. The minimum absolute atomic E-state index is 0.0710. The number of aryl methyl sites for hydroxylation is 1. The number of benzene rings is 1. The van der Waals surface area contributed by atoms with E-state index in [4.69, 9.17) is 5.73 Å². The maximum absolute atomic E-state index is 11.5. The Morgan fingerprint density at radius 1 is 1.33 bits per heavy atom. The van der Waals surface area contributed by atoms with Crippen molar-refractivity contribution in [3.05, 3.63) is 38.5 Å². The second-order valence-electron chi connectivity index (χ2n) is 5.03. The number of nitrogen functional groups attached to an aromatic ring is 1. The number of nitrogens with one attached hydrogen (secondary N) is 2. The zero-order valence-corrected chi connectivity index (χ0v) is 13.8. The number of carbonyl (C=O) groups is 1. The Labute approximate surface area is 135 Å². The summed E-state index contributed by atoms with van der Waals surface area (Å²) in [6, 6.07) is 8.07. The number of nitrogens with two attached hydrogens (primary N) is 1. The zero-order valence-electron chi connectivity index (χ0n) is 11.4. The Kier molecular flexibility index (Phi) is 4.17. The molecule has 1 aromatic carbocycles. The van der Waals surface area contributed by atoms with Crippen molar-refractivity contribution in [2.75, 3.05) is 22.9 Å². The molecule has 1 amide bonds. The monoisotopic (exact) mass is 365 g/mol. The summed E-state index contributed by atoms with van der Waals surface area (Å²) in [6.45, 7) is 0.809. The maximum Gasteiger partial charge on any atom is 0.224 e. The average molecular weight is 366 g/mol. The van der Waals surface area contributed by atoms with Crippen LogP contribution in [0.3, 0.4) is 0 Å². The van der Waals surface area contributed by atoms with E-state index in [-0.39, 0.29) is 5.91 Å². The molecule has 2 heterocycles. The normalized spacial score (nSPS) is 13.7. The number of carbonyl (C=O) groups excluding carboxylic acids is 1. The molecule has 21 heavy (non-hydrogen) atoms. The van der Waals surface area contributed by atoms with Crippen LogP contribution in [0.1, 0.15) is 16.9 Å². The van der Waals surface area contributed by atoms with Gasteiger partial charge in [0.1, 0.15) is 0 Å². The highest BCUT2D eigenvalue weighted by atomic mass is 79.9. The van der Waals surface area contributed by atoms with Crippen LogP contribution in [0.2, 0.25) is 0 Å². The van der Waals surface area contributed by atoms with Crippen LogP contribution in [0.5, 0.6) is 0 Å². The fraction of sp³-hybridized carbons (Fsp3) is 0.267. The van der Waals surface area contributed by atoms with E-state index >= 15 is 0 Å². The summed E-state index contributed by atoms with van der Waals surface area (Å²) in [4.78, 5) is 12.8. The molecule has 0 bridgehead atoms. The van der Waals surface area contributed by atoms with Crippen LogP contribution in [-0.4, -0.2) is 12.5 Å². The number of hydrogen-bond acceptors (Lipinski definition) is 4. The van der Waals surface area contributed by atoms with Gasteiger partial charge in [-0.25, -0.2) is 0 Å². The molecule has 2 aromatic rings. The molecular weight excluding hydrogens is 350 g/mol. The van der Waals surface area contributed by atoms with Crippen LogP contribution >= 0.6 is 27.3 Å². The third-order valence-corrected chi connectivity index (χ3v) is 5.17. The number of fused-ring (bicyclic) bond motifs is 1. The summed E-state index contributed by atoms with van der Waals surface area (Å²) in [7, 11) is 0. The second kappa shape index (κ2) is 6.07. The highest BCUT2D eigenvalue weighted by Crippen LogP contribution is 2.31. The fourth-order valence-electron chi connectivity index (χ4n) is 2.41. The number of halogens is 1. The lowest BCUT2D eigenvalue weighted by Crippen LogP contribution is -2.19. The van der Waals surface area contributed by atoms with E-state index in [0.717, 1.165) is 45.8 Å². The van der Waals surface area contributed by atoms with E-state index in [1.165, 1.54) is 4.88 Å². The molecule has 1 aliphatic heterocycles. The molecule has 6 heteroatoms. The van der Waals surface area contributed by atoms with Crippen LogP contribution in [0.25, 0.3) is 0 Å². The largest absolute Gasteiger partial charge is 0.397 e.